The number of halogens is 4. The smallest absolute Gasteiger partial charge is 0.267 e. The van der Waals surface area contributed by atoms with Gasteiger partial charge < -0.3 is 0 Å². The van der Waals surface area contributed by atoms with Crippen LogP contribution in [0.15, 0.2) is 62.6 Å². The number of nitrogens with zero attached hydrogens (tertiary/aromatic N) is 3. The molecule has 0 spiro atoms. The Morgan fingerprint density at radius 2 is 1.73 bits per heavy atom. The summed E-state index contributed by atoms with van der Waals surface area (Å²) < 4.78 is 71.1. The average Bonchev–Trinajstić information content (AvgIpc) is 3.16. The average molecular weight is 573 g/mol. The minimum absolute atomic E-state index is 0.0227. The third-order valence-electron chi connectivity index (χ3n) is 4.34. The Morgan fingerprint density at radius 3 is 2.42 bits per heavy atom. The number of benzene rings is 2. The number of hydrogen-bond donors (Lipinski definition) is 1. The number of sulfonamides is 1. The Morgan fingerprint density at radius 1 is 1.03 bits per heavy atom. The zero-order valence-electron chi connectivity index (χ0n) is 16.5. The van der Waals surface area contributed by atoms with Crippen molar-refractivity contribution < 1.29 is 21.6 Å². The fourth-order valence-electron chi connectivity index (χ4n) is 2.94. The minimum atomic E-state index is -4.75. The van der Waals surface area contributed by atoms with Gasteiger partial charge in [0.15, 0.2) is 19.8 Å². The lowest BCUT2D eigenvalue weighted by molar-refractivity contribution is 0.521. The van der Waals surface area contributed by atoms with Gasteiger partial charge in [-0.05, 0) is 52.5 Å². The SMILES string of the molecule is CSc1nccc(-c2sc(Br)nc2-c2cccc(NS(=O)(=O)c3c(F)cccc3F)c2F)n1. The normalized spacial score (nSPS) is 11.5. The number of thiazole rings is 1. The Kier molecular flexibility index (Phi) is 6.75. The van der Waals surface area contributed by atoms with Gasteiger partial charge in [0, 0.05) is 11.8 Å². The van der Waals surface area contributed by atoms with E-state index in [1.807, 2.05) is 11.0 Å². The molecule has 2 heterocycles. The van der Waals surface area contributed by atoms with Gasteiger partial charge in [0.2, 0.25) is 0 Å². The van der Waals surface area contributed by atoms with Gasteiger partial charge in [-0.2, -0.15) is 0 Å². The first-order valence-electron chi connectivity index (χ1n) is 9.00. The summed E-state index contributed by atoms with van der Waals surface area (Å²) in [5.74, 6) is -3.55. The van der Waals surface area contributed by atoms with E-state index in [1.54, 1.807) is 12.3 Å². The number of hydrogen-bond acceptors (Lipinski definition) is 7. The minimum Gasteiger partial charge on any atom is -0.276 e. The predicted octanol–water partition coefficient (Wildman–Crippen LogP) is 5.97. The Labute approximate surface area is 203 Å². The predicted molar refractivity (Wildman–Crippen MR) is 125 cm³/mol. The van der Waals surface area contributed by atoms with Crippen molar-refractivity contribution in [2.45, 2.75) is 10.1 Å². The molecule has 4 rings (SSSR count). The maximum atomic E-state index is 15.5. The quantitative estimate of drug-likeness (QED) is 0.226. The molecule has 0 atom stereocenters. The van der Waals surface area contributed by atoms with Crippen LogP contribution in [0.3, 0.4) is 0 Å². The molecule has 0 aliphatic heterocycles. The highest BCUT2D eigenvalue weighted by Gasteiger charge is 2.26. The highest BCUT2D eigenvalue weighted by molar-refractivity contribution is 9.11. The van der Waals surface area contributed by atoms with Gasteiger partial charge >= 0.3 is 0 Å². The summed E-state index contributed by atoms with van der Waals surface area (Å²) in [6, 6.07) is 8.24. The molecule has 1 N–H and O–H groups in total. The lowest BCUT2D eigenvalue weighted by Gasteiger charge is -2.12. The Hall–Kier alpha value is -2.48. The fraction of sp³-hybridized carbons (Fsp3) is 0.0500. The molecule has 0 saturated carbocycles. The van der Waals surface area contributed by atoms with Crippen molar-refractivity contribution in [3.63, 3.8) is 0 Å². The highest BCUT2D eigenvalue weighted by atomic mass is 79.9. The van der Waals surface area contributed by atoms with Crippen LogP contribution in [0.25, 0.3) is 21.8 Å². The van der Waals surface area contributed by atoms with Gasteiger partial charge in [-0.3, -0.25) is 4.72 Å². The zero-order valence-corrected chi connectivity index (χ0v) is 20.5. The molecule has 0 fully saturated rings. The van der Waals surface area contributed by atoms with Crippen molar-refractivity contribution in [3.8, 4) is 21.8 Å². The topological polar surface area (TPSA) is 84.8 Å². The molecule has 2 aromatic heterocycles. The van der Waals surface area contributed by atoms with Crippen LogP contribution in [0.2, 0.25) is 0 Å². The van der Waals surface area contributed by atoms with Crippen LogP contribution < -0.4 is 4.72 Å². The second kappa shape index (κ2) is 9.41. The van der Waals surface area contributed by atoms with E-state index < -0.39 is 38.1 Å². The first kappa shape index (κ1) is 23.7. The highest BCUT2D eigenvalue weighted by Crippen LogP contribution is 2.40. The molecule has 0 amide bonds. The van der Waals surface area contributed by atoms with Gasteiger partial charge in [0.25, 0.3) is 10.0 Å². The van der Waals surface area contributed by atoms with Crippen LogP contribution in [0.1, 0.15) is 0 Å². The maximum absolute atomic E-state index is 15.5. The molecule has 0 radical (unpaired) electrons. The van der Waals surface area contributed by atoms with Crippen molar-refractivity contribution in [3.05, 3.63) is 70.0 Å². The Balaban J connectivity index is 1.79. The lowest BCUT2D eigenvalue weighted by Crippen LogP contribution is -2.17. The van der Waals surface area contributed by atoms with E-state index in [2.05, 4.69) is 30.9 Å². The van der Waals surface area contributed by atoms with Crippen molar-refractivity contribution in [1.29, 1.82) is 0 Å². The van der Waals surface area contributed by atoms with Crippen molar-refractivity contribution >= 4 is 54.7 Å². The van der Waals surface area contributed by atoms with Gasteiger partial charge in [-0.25, -0.2) is 36.5 Å². The fourth-order valence-corrected chi connectivity index (χ4v) is 5.94. The number of thioether (sulfide) groups is 1. The largest absolute Gasteiger partial charge is 0.276 e. The molecule has 2 aromatic carbocycles. The Bertz CT molecular complexity index is 1440. The van der Waals surface area contributed by atoms with Crippen molar-refractivity contribution in [2.24, 2.45) is 0 Å². The number of aromatic nitrogens is 3. The van der Waals surface area contributed by atoms with E-state index in [-0.39, 0.29) is 11.3 Å². The molecule has 33 heavy (non-hydrogen) atoms. The molecule has 0 aliphatic carbocycles. The third-order valence-corrected chi connectivity index (χ3v) is 7.84. The van der Waals surface area contributed by atoms with E-state index in [0.29, 0.717) is 19.6 Å². The van der Waals surface area contributed by atoms with Crippen LogP contribution in [0, 0.1) is 17.5 Å². The van der Waals surface area contributed by atoms with Crippen LogP contribution in [-0.2, 0) is 10.0 Å². The lowest BCUT2D eigenvalue weighted by atomic mass is 10.1. The molecule has 0 bridgehead atoms. The molecule has 13 heteroatoms. The van der Waals surface area contributed by atoms with Gasteiger partial charge in [0.1, 0.15) is 11.6 Å². The number of anilines is 1. The number of rotatable bonds is 6. The maximum Gasteiger partial charge on any atom is 0.267 e. The summed E-state index contributed by atoms with van der Waals surface area (Å²) in [4.78, 5) is 12.2. The van der Waals surface area contributed by atoms with E-state index in [0.717, 1.165) is 24.3 Å². The molecular formula is C20H12BrF3N4O2S3. The van der Waals surface area contributed by atoms with Crippen molar-refractivity contribution in [2.75, 3.05) is 11.0 Å². The van der Waals surface area contributed by atoms with E-state index in [9.17, 15) is 17.2 Å². The summed E-state index contributed by atoms with van der Waals surface area (Å²) in [6.07, 6.45) is 3.38. The summed E-state index contributed by atoms with van der Waals surface area (Å²) in [7, 11) is -4.75. The van der Waals surface area contributed by atoms with Crippen molar-refractivity contribution in [1.82, 2.24) is 15.0 Å². The van der Waals surface area contributed by atoms with Crippen LogP contribution in [0.4, 0.5) is 18.9 Å². The second-order valence-corrected chi connectivity index (χ2v) is 11.1. The summed E-state index contributed by atoms with van der Waals surface area (Å²) >= 11 is 5.84. The van der Waals surface area contributed by atoms with E-state index >= 15 is 4.39 Å². The van der Waals surface area contributed by atoms with E-state index in [1.165, 1.54) is 35.2 Å². The molecule has 0 saturated heterocycles. The molecule has 0 unspecified atom stereocenters. The molecule has 4 aromatic rings. The monoisotopic (exact) mass is 572 g/mol. The first-order valence-corrected chi connectivity index (χ1v) is 13.3. The molecule has 170 valence electrons. The van der Waals surface area contributed by atoms with Crippen LogP contribution in [0.5, 0.6) is 0 Å². The second-order valence-electron chi connectivity index (χ2n) is 6.40. The molecule has 0 aliphatic rings. The van der Waals surface area contributed by atoms with E-state index in [4.69, 9.17) is 0 Å². The third kappa shape index (κ3) is 4.76. The van der Waals surface area contributed by atoms with Gasteiger partial charge in [-0.15, -0.1) is 11.3 Å². The van der Waals surface area contributed by atoms with Gasteiger partial charge in [-0.1, -0.05) is 23.9 Å². The zero-order chi connectivity index (χ0) is 23.8. The number of nitrogens with one attached hydrogen (secondary N) is 1. The van der Waals surface area contributed by atoms with Crippen LogP contribution in [-0.4, -0.2) is 29.6 Å². The molecule has 6 nitrogen and oxygen atoms in total. The molecular weight excluding hydrogens is 561 g/mol. The summed E-state index contributed by atoms with van der Waals surface area (Å²) in [5.41, 5.74) is 0.211. The standard InChI is InChI=1S/C20H12BrF3N4O2S3/c1-31-20-25-9-8-14(26-20)17-16(27-19(21)32-17)10-4-2-7-13(15(10)24)28-33(29,30)18-11(22)5-3-6-12(18)23/h2-9,28H,1H3. The van der Waals surface area contributed by atoms with Gasteiger partial charge in [0.05, 0.1) is 22.0 Å². The summed E-state index contributed by atoms with van der Waals surface area (Å²) in [5, 5.41) is 0.511. The first-order chi connectivity index (χ1) is 15.7. The van der Waals surface area contributed by atoms with Crippen LogP contribution >= 0.6 is 39.0 Å². The summed E-state index contributed by atoms with van der Waals surface area (Å²) in [6.45, 7) is 0.